The first-order chi connectivity index (χ1) is 8.10. The van der Waals surface area contributed by atoms with E-state index in [0.29, 0.717) is 5.92 Å². The highest BCUT2D eigenvalue weighted by atomic mass is 14.9. The third-order valence-electron chi connectivity index (χ3n) is 3.29. The van der Waals surface area contributed by atoms with Crippen LogP contribution >= 0.6 is 0 Å². The summed E-state index contributed by atoms with van der Waals surface area (Å²) in [5, 5.41) is 0. The number of benzene rings is 1. The highest BCUT2D eigenvalue weighted by Gasteiger charge is 2.11. The van der Waals surface area contributed by atoms with Gasteiger partial charge in [0.1, 0.15) is 5.82 Å². The van der Waals surface area contributed by atoms with E-state index in [1.807, 2.05) is 0 Å². The average Bonchev–Trinajstić information content (AvgIpc) is 2.69. The summed E-state index contributed by atoms with van der Waals surface area (Å²) in [7, 11) is 0. The van der Waals surface area contributed by atoms with E-state index in [2.05, 4.69) is 48.9 Å². The van der Waals surface area contributed by atoms with E-state index < -0.39 is 0 Å². The van der Waals surface area contributed by atoms with Gasteiger partial charge in [0, 0.05) is 12.5 Å². The number of fused-ring (bicyclic) bond motifs is 1. The summed E-state index contributed by atoms with van der Waals surface area (Å²) in [6, 6.07) is 6.55. The number of nitrogens with zero attached hydrogens (tertiary/aromatic N) is 1. The maximum atomic E-state index is 6.07. The Hall–Kier alpha value is -1.35. The first-order valence-corrected chi connectivity index (χ1v) is 6.33. The maximum absolute atomic E-state index is 6.07. The van der Waals surface area contributed by atoms with Crippen molar-refractivity contribution in [2.45, 2.75) is 39.7 Å². The van der Waals surface area contributed by atoms with Crippen LogP contribution in [0.4, 0.5) is 0 Å². The van der Waals surface area contributed by atoms with Crippen molar-refractivity contribution < 1.29 is 0 Å². The molecule has 0 saturated heterocycles. The standard InChI is InChI=1S/C14H21N3/c1-4-10-5-6-12-13(7-10)17-14(16-12)8-11(15)9(2)3/h5-7,9,11H,4,8,15H2,1-3H3,(H,16,17). The Bertz CT molecular complexity index is 499. The number of hydrogen-bond donors (Lipinski definition) is 2. The minimum Gasteiger partial charge on any atom is -0.342 e. The molecule has 2 aromatic rings. The fourth-order valence-corrected chi connectivity index (χ4v) is 1.89. The fraction of sp³-hybridized carbons (Fsp3) is 0.500. The molecule has 3 heteroatoms. The number of hydrogen-bond acceptors (Lipinski definition) is 2. The summed E-state index contributed by atoms with van der Waals surface area (Å²) < 4.78 is 0. The predicted molar refractivity (Wildman–Crippen MR) is 72.0 cm³/mol. The third kappa shape index (κ3) is 2.67. The van der Waals surface area contributed by atoms with Crippen LogP contribution in [0.3, 0.4) is 0 Å². The Morgan fingerprint density at radius 1 is 1.35 bits per heavy atom. The largest absolute Gasteiger partial charge is 0.342 e. The lowest BCUT2D eigenvalue weighted by molar-refractivity contribution is 0.483. The molecular formula is C14H21N3. The molecule has 0 amide bonds. The van der Waals surface area contributed by atoms with E-state index in [4.69, 9.17) is 5.73 Å². The molecule has 0 aliphatic rings. The molecule has 0 bridgehead atoms. The molecule has 3 nitrogen and oxygen atoms in total. The van der Waals surface area contributed by atoms with Crippen molar-refractivity contribution >= 4 is 11.0 Å². The lowest BCUT2D eigenvalue weighted by atomic mass is 10.0. The Morgan fingerprint density at radius 2 is 2.12 bits per heavy atom. The van der Waals surface area contributed by atoms with E-state index in [1.54, 1.807) is 0 Å². The van der Waals surface area contributed by atoms with Crippen molar-refractivity contribution in [3.05, 3.63) is 29.6 Å². The number of aromatic amines is 1. The molecule has 1 aromatic heterocycles. The van der Waals surface area contributed by atoms with Crippen LogP contribution in [-0.2, 0) is 12.8 Å². The Labute approximate surface area is 102 Å². The van der Waals surface area contributed by atoms with Crippen molar-refractivity contribution in [1.29, 1.82) is 0 Å². The van der Waals surface area contributed by atoms with Gasteiger partial charge in [-0.25, -0.2) is 4.98 Å². The van der Waals surface area contributed by atoms with Crippen molar-refractivity contribution in [2.75, 3.05) is 0 Å². The van der Waals surface area contributed by atoms with Crippen molar-refractivity contribution in [1.82, 2.24) is 9.97 Å². The molecule has 2 rings (SSSR count). The minimum absolute atomic E-state index is 0.168. The molecule has 3 N–H and O–H groups in total. The van der Waals surface area contributed by atoms with Gasteiger partial charge in [-0.3, -0.25) is 0 Å². The summed E-state index contributed by atoms with van der Waals surface area (Å²) >= 11 is 0. The van der Waals surface area contributed by atoms with Crippen LogP contribution in [-0.4, -0.2) is 16.0 Å². The third-order valence-corrected chi connectivity index (χ3v) is 3.29. The zero-order valence-electron chi connectivity index (χ0n) is 10.8. The van der Waals surface area contributed by atoms with Gasteiger partial charge in [-0.15, -0.1) is 0 Å². The molecule has 92 valence electrons. The first-order valence-electron chi connectivity index (χ1n) is 6.33. The van der Waals surface area contributed by atoms with Gasteiger partial charge < -0.3 is 10.7 Å². The minimum atomic E-state index is 0.168. The van der Waals surface area contributed by atoms with Gasteiger partial charge >= 0.3 is 0 Å². The van der Waals surface area contributed by atoms with Gasteiger partial charge in [-0.1, -0.05) is 26.8 Å². The molecular weight excluding hydrogens is 210 g/mol. The zero-order chi connectivity index (χ0) is 12.4. The highest BCUT2D eigenvalue weighted by molar-refractivity contribution is 5.75. The van der Waals surface area contributed by atoms with Crippen LogP contribution in [0.5, 0.6) is 0 Å². The van der Waals surface area contributed by atoms with E-state index in [9.17, 15) is 0 Å². The maximum Gasteiger partial charge on any atom is 0.108 e. The number of imidazole rings is 1. The lowest BCUT2D eigenvalue weighted by Gasteiger charge is -2.13. The molecule has 0 saturated carbocycles. The van der Waals surface area contributed by atoms with Crippen molar-refractivity contribution in [3.8, 4) is 0 Å². The molecule has 0 aliphatic heterocycles. The Morgan fingerprint density at radius 3 is 2.76 bits per heavy atom. The molecule has 1 atom stereocenters. The van der Waals surface area contributed by atoms with Gasteiger partial charge in [-0.2, -0.15) is 0 Å². The van der Waals surface area contributed by atoms with Gasteiger partial charge in [0.15, 0.2) is 0 Å². The predicted octanol–water partition coefficient (Wildman–Crippen LogP) is 2.65. The van der Waals surface area contributed by atoms with Gasteiger partial charge in [0.05, 0.1) is 11.0 Å². The molecule has 1 heterocycles. The molecule has 1 unspecified atom stereocenters. The summed E-state index contributed by atoms with van der Waals surface area (Å²) in [5.74, 6) is 1.48. The molecule has 0 aliphatic carbocycles. The quantitative estimate of drug-likeness (QED) is 0.850. The first kappa shape index (κ1) is 12.1. The number of aryl methyl sites for hydroxylation is 1. The van der Waals surface area contributed by atoms with Crippen LogP contribution in [0.25, 0.3) is 11.0 Å². The lowest BCUT2D eigenvalue weighted by Crippen LogP contribution is -2.29. The summed E-state index contributed by atoms with van der Waals surface area (Å²) in [5.41, 5.74) is 9.56. The molecule has 0 spiro atoms. The number of rotatable bonds is 4. The topological polar surface area (TPSA) is 54.7 Å². The average molecular weight is 231 g/mol. The molecule has 0 fully saturated rings. The van der Waals surface area contributed by atoms with Crippen molar-refractivity contribution in [3.63, 3.8) is 0 Å². The van der Waals surface area contributed by atoms with Crippen molar-refractivity contribution in [2.24, 2.45) is 11.7 Å². The number of nitrogens with one attached hydrogen (secondary N) is 1. The van der Waals surface area contributed by atoms with Gasteiger partial charge in [0.2, 0.25) is 0 Å². The Balaban J connectivity index is 2.25. The van der Waals surface area contributed by atoms with Crippen LogP contribution in [0.2, 0.25) is 0 Å². The smallest absolute Gasteiger partial charge is 0.108 e. The van der Waals surface area contributed by atoms with Gasteiger partial charge in [0.25, 0.3) is 0 Å². The molecule has 0 radical (unpaired) electrons. The van der Waals surface area contributed by atoms with Crippen LogP contribution in [0.1, 0.15) is 32.2 Å². The highest BCUT2D eigenvalue weighted by Crippen LogP contribution is 2.15. The number of nitrogens with two attached hydrogens (primary N) is 1. The normalized spacial score (nSPS) is 13.5. The van der Waals surface area contributed by atoms with E-state index in [1.165, 1.54) is 5.56 Å². The van der Waals surface area contributed by atoms with Crippen LogP contribution in [0.15, 0.2) is 18.2 Å². The van der Waals surface area contributed by atoms with E-state index in [-0.39, 0.29) is 6.04 Å². The summed E-state index contributed by atoms with van der Waals surface area (Å²) in [4.78, 5) is 7.94. The SMILES string of the molecule is CCc1ccc2nc(CC(N)C(C)C)[nH]c2c1. The number of aromatic nitrogens is 2. The number of H-pyrrole nitrogens is 1. The van der Waals surface area contributed by atoms with Crippen LogP contribution in [0, 0.1) is 5.92 Å². The Kier molecular flexibility index (Phi) is 3.48. The molecule has 1 aromatic carbocycles. The molecule has 17 heavy (non-hydrogen) atoms. The zero-order valence-corrected chi connectivity index (χ0v) is 10.8. The van der Waals surface area contributed by atoms with E-state index in [0.717, 1.165) is 29.7 Å². The van der Waals surface area contributed by atoms with E-state index >= 15 is 0 Å². The second-order valence-electron chi connectivity index (χ2n) is 5.00. The van der Waals surface area contributed by atoms with Crippen LogP contribution < -0.4 is 5.73 Å². The monoisotopic (exact) mass is 231 g/mol. The second-order valence-corrected chi connectivity index (χ2v) is 5.00. The fourth-order valence-electron chi connectivity index (χ4n) is 1.89. The second kappa shape index (κ2) is 4.88. The van der Waals surface area contributed by atoms with Gasteiger partial charge in [-0.05, 0) is 30.0 Å². The summed E-state index contributed by atoms with van der Waals surface area (Å²) in [6.07, 6.45) is 1.86. The summed E-state index contributed by atoms with van der Waals surface area (Å²) in [6.45, 7) is 6.44.